The normalized spacial score (nSPS) is 17.9. The smallest absolute Gasteiger partial charge is 0.0534 e. The van der Waals surface area contributed by atoms with Gasteiger partial charge in [0.1, 0.15) is 0 Å². The minimum Gasteiger partial charge on any atom is -0.298 e. The summed E-state index contributed by atoms with van der Waals surface area (Å²) in [5.41, 5.74) is 4.87. The van der Waals surface area contributed by atoms with Crippen LogP contribution in [-0.2, 0) is 20.0 Å². The van der Waals surface area contributed by atoms with Gasteiger partial charge in [0.2, 0.25) is 0 Å². The van der Waals surface area contributed by atoms with Crippen molar-refractivity contribution >= 4 is 11.6 Å². The third-order valence-electron chi connectivity index (χ3n) is 5.22. The maximum atomic E-state index is 5.99. The molecule has 27 heavy (non-hydrogen) atoms. The Hall–Kier alpha value is -2.17. The molecule has 3 aromatic rings. The highest BCUT2D eigenvalue weighted by Gasteiger charge is 2.22. The van der Waals surface area contributed by atoms with Gasteiger partial charge in [0.15, 0.2) is 0 Å². The van der Waals surface area contributed by atoms with E-state index in [-0.39, 0.29) is 0 Å². The Morgan fingerprint density at radius 3 is 2.74 bits per heavy atom. The van der Waals surface area contributed by atoms with Crippen LogP contribution in [0.4, 0.5) is 0 Å². The Labute approximate surface area is 165 Å². The van der Waals surface area contributed by atoms with Gasteiger partial charge >= 0.3 is 0 Å². The highest BCUT2D eigenvalue weighted by atomic mass is 35.5. The number of rotatable bonds is 5. The summed E-state index contributed by atoms with van der Waals surface area (Å²) in [7, 11) is 1.97. The summed E-state index contributed by atoms with van der Waals surface area (Å²) in [6.07, 6.45) is 7.34. The Balaban J connectivity index is 1.43. The van der Waals surface area contributed by atoms with E-state index in [1.165, 1.54) is 29.7 Å². The maximum Gasteiger partial charge on any atom is 0.0534 e. The quantitative estimate of drug-likeness (QED) is 0.656. The summed E-state index contributed by atoms with van der Waals surface area (Å²) in [6.45, 7) is 3.18. The van der Waals surface area contributed by atoms with Crippen LogP contribution in [0.15, 0.2) is 54.9 Å². The van der Waals surface area contributed by atoms with Crippen LogP contribution in [0, 0.1) is 0 Å². The first-order chi connectivity index (χ1) is 13.2. The first-order valence-electron chi connectivity index (χ1n) is 9.56. The van der Waals surface area contributed by atoms with E-state index in [4.69, 9.17) is 16.6 Å². The highest BCUT2D eigenvalue weighted by molar-refractivity contribution is 6.30. The molecule has 0 bridgehead atoms. The highest BCUT2D eigenvalue weighted by Crippen LogP contribution is 2.27. The van der Waals surface area contributed by atoms with E-state index in [0.29, 0.717) is 5.92 Å². The molecule has 0 unspecified atom stereocenters. The number of benzene rings is 1. The van der Waals surface area contributed by atoms with E-state index in [1.54, 1.807) is 0 Å². The minimum atomic E-state index is 0.501. The Morgan fingerprint density at radius 1 is 1.11 bits per heavy atom. The van der Waals surface area contributed by atoms with Gasteiger partial charge in [-0.05, 0) is 49.2 Å². The lowest BCUT2D eigenvalue weighted by Gasteiger charge is -2.32. The van der Waals surface area contributed by atoms with Gasteiger partial charge in [0.25, 0.3) is 0 Å². The molecule has 1 aliphatic heterocycles. The van der Waals surface area contributed by atoms with Crippen LogP contribution in [0.2, 0.25) is 5.02 Å². The molecule has 140 valence electrons. The van der Waals surface area contributed by atoms with Crippen molar-refractivity contribution in [3.05, 3.63) is 82.4 Å². The number of likely N-dealkylation sites (tertiary alicyclic amines) is 1. The Morgan fingerprint density at radius 2 is 1.96 bits per heavy atom. The van der Waals surface area contributed by atoms with Crippen molar-refractivity contribution in [1.29, 1.82) is 0 Å². The minimum absolute atomic E-state index is 0.501. The summed E-state index contributed by atoms with van der Waals surface area (Å²) >= 11 is 5.99. The van der Waals surface area contributed by atoms with Crippen LogP contribution in [0.25, 0.3) is 0 Å². The van der Waals surface area contributed by atoms with E-state index >= 15 is 0 Å². The Kier molecular flexibility index (Phi) is 5.55. The fourth-order valence-electron chi connectivity index (χ4n) is 3.89. The monoisotopic (exact) mass is 380 g/mol. The molecule has 0 aliphatic carbocycles. The number of aromatic nitrogens is 3. The second-order valence-corrected chi connectivity index (χ2v) is 7.89. The number of piperidine rings is 1. The van der Waals surface area contributed by atoms with Gasteiger partial charge in [-0.3, -0.25) is 14.6 Å². The largest absolute Gasteiger partial charge is 0.298 e. The van der Waals surface area contributed by atoms with Crippen LogP contribution in [0.3, 0.4) is 0 Å². The molecule has 0 amide bonds. The third kappa shape index (κ3) is 4.76. The molecular formula is C22H25ClN4. The summed E-state index contributed by atoms with van der Waals surface area (Å²) in [6, 6.07) is 14.5. The number of hydrogen-bond donors (Lipinski definition) is 0. The first kappa shape index (κ1) is 18.2. The molecule has 0 spiro atoms. The van der Waals surface area contributed by atoms with Gasteiger partial charge in [-0.25, -0.2) is 0 Å². The second-order valence-electron chi connectivity index (χ2n) is 7.45. The zero-order chi connectivity index (χ0) is 18.6. The number of nitrogens with zero attached hydrogens (tertiary/aromatic N) is 4. The van der Waals surface area contributed by atoms with Crippen molar-refractivity contribution in [2.45, 2.75) is 31.7 Å². The van der Waals surface area contributed by atoms with Gasteiger partial charge in [0, 0.05) is 60.6 Å². The standard InChI is InChI=1S/C22H25ClN4/c1-26-14-18(13-24-26)15-27-11-3-4-19(16-27)22-6-2-5-21(25-22)12-17-7-9-20(23)10-8-17/h2,5-10,13-14,19H,3-4,11-12,15-16H2,1H3/t19-/m0/s1. The van der Waals surface area contributed by atoms with Crippen molar-refractivity contribution in [3.8, 4) is 0 Å². The predicted octanol–water partition coefficient (Wildman–Crippen LogP) is 4.44. The second kappa shape index (κ2) is 8.24. The van der Waals surface area contributed by atoms with Crippen molar-refractivity contribution < 1.29 is 0 Å². The zero-order valence-corrected chi connectivity index (χ0v) is 16.4. The lowest BCUT2D eigenvalue weighted by Crippen LogP contribution is -2.34. The molecule has 4 nitrogen and oxygen atoms in total. The zero-order valence-electron chi connectivity index (χ0n) is 15.7. The van der Waals surface area contributed by atoms with Crippen molar-refractivity contribution in [2.24, 2.45) is 7.05 Å². The van der Waals surface area contributed by atoms with E-state index in [1.807, 2.05) is 30.1 Å². The van der Waals surface area contributed by atoms with Crippen molar-refractivity contribution in [3.63, 3.8) is 0 Å². The van der Waals surface area contributed by atoms with Gasteiger partial charge in [-0.2, -0.15) is 5.10 Å². The molecule has 1 saturated heterocycles. The van der Waals surface area contributed by atoms with Gasteiger partial charge in [-0.1, -0.05) is 29.8 Å². The van der Waals surface area contributed by atoms with Gasteiger partial charge < -0.3 is 0 Å². The van der Waals surface area contributed by atoms with E-state index in [0.717, 1.165) is 36.8 Å². The first-order valence-corrected chi connectivity index (χ1v) is 9.94. The van der Waals surface area contributed by atoms with Gasteiger partial charge in [-0.15, -0.1) is 0 Å². The number of aryl methyl sites for hydroxylation is 1. The molecule has 0 saturated carbocycles. The van der Waals surface area contributed by atoms with E-state index in [9.17, 15) is 0 Å². The summed E-state index contributed by atoms with van der Waals surface area (Å²) in [4.78, 5) is 7.51. The summed E-state index contributed by atoms with van der Waals surface area (Å²) < 4.78 is 1.87. The predicted molar refractivity (Wildman–Crippen MR) is 109 cm³/mol. The average Bonchev–Trinajstić information content (AvgIpc) is 3.09. The van der Waals surface area contributed by atoms with Crippen LogP contribution in [-0.4, -0.2) is 32.8 Å². The fraction of sp³-hybridized carbons (Fsp3) is 0.364. The molecule has 5 heteroatoms. The lowest BCUT2D eigenvalue weighted by molar-refractivity contribution is 0.198. The van der Waals surface area contributed by atoms with Crippen LogP contribution >= 0.6 is 11.6 Å². The van der Waals surface area contributed by atoms with E-state index < -0.39 is 0 Å². The molecule has 1 aliphatic rings. The fourth-order valence-corrected chi connectivity index (χ4v) is 4.01. The number of halogens is 1. The van der Waals surface area contributed by atoms with Crippen LogP contribution in [0.5, 0.6) is 0 Å². The lowest BCUT2D eigenvalue weighted by atomic mass is 9.93. The van der Waals surface area contributed by atoms with Crippen LogP contribution < -0.4 is 0 Å². The number of pyridine rings is 1. The summed E-state index contributed by atoms with van der Waals surface area (Å²) in [5, 5.41) is 5.06. The third-order valence-corrected chi connectivity index (χ3v) is 5.47. The molecule has 4 rings (SSSR count). The molecule has 0 radical (unpaired) electrons. The van der Waals surface area contributed by atoms with Gasteiger partial charge in [0.05, 0.1) is 6.20 Å². The SMILES string of the molecule is Cn1cc(CN2CCC[C@H](c3cccc(Cc4ccc(Cl)cc4)n3)C2)cn1. The molecular weight excluding hydrogens is 356 g/mol. The molecule has 1 atom stereocenters. The topological polar surface area (TPSA) is 34.0 Å². The van der Waals surface area contributed by atoms with E-state index in [2.05, 4.69) is 46.5 Å². The maximum absolute atomic E-state index is 5.99. The molecule has 1 aromatic carbocycles. The summed E-state index contributed by atoms with van der Waals surface area (Å²) in [5.74, 6) is 0.501. The van der Waals surface area contributed by atoms with Crippen LogP contribution in [0.1, 0.15) is 41.3 Å². The molecule has 1 fully saturated rings. The molecule has 3 heterocycles. The Bertz CT molecular complexity index is 887. The molecule has 2 aromatic heterocycles. The number of hydrogen-bond acceptors (Lipinski definition) is 3. The van der Waals surface area contributed by atoms with Crippen molar-refractivity contribution in [2.75, 3.05) is 13.1 Å². The van der Waals surface area contributed by atoms with Crippen molar-refractivity contribution in [1.82, 2.24) is 19.7 Å². The molecule has 0 N–H and O–H groups in total. The average molecular weight is 381 g/mol.